The first-order chi connectivity index (χ1) is 13.0. The van der Waals surface area contributed by atoms with Gasteiger partial charge in [0.2, 0.25) is 0 Å². The lowest BCUT2D eigenvalue weighted by Gasteiger charge is -2.36. The molecule has 27 heavy (non-hydrogen) atoms. The Morgan fingerprint density at radius 1 is 1.15 bits per heavy atom. The summed E-state index contributed by atoms with van der Waals surface area (Å²) < 4.78 is 5.81. The predicted molar refractivity (Wildman–Crippen MR) is 104 cm³/mol. The Bertz CT molecular complexity index is 770. The Labute approximate surface area is 163 Å². The summed E-state index contributed by atoms with van der Waals surface area (Å²) in [6.45, 7) is 0.782. The van der Waals surface area contributed by atoms with Crippen LogP contribution in [0.1, 0.15) is 36.0 Å². The molecule has 2 aromatic carbocycles. The molecular weight excluding hydrogens is 366 g/mol. The summed E-state index contributed by atoms with van der Waals surface area (Å²) in [5, 5.41) is 23.4. The van der Waals surface area contributed by atoms with E-state index in [0.29, 0.717) is 41.7 Å². The number of amides is 1. The maximum Gasteiger partial charge on any atom is 0.251 e. The van der Waals surface area contributed by atoms with Crippen LogP contribution in [-0.2, 0) is 0 Å². The van der Waals surface area contributed by atoms with Gasteiger partial charge in [-0.3, -0.25) is 4.79 Å². The molecule has 0 heterocycles. The molecule has 0 bridgehead atoms. The monoisotopic (exact) mass is 389 g/mol. The van der Waals surface area contributed by atoms with Gasteiger partial charge in [-0.15, -0.1) is 0 Å². The van der Waals surface area contributed by atoms with Crippen LogP contribution in [0.4, 0.5) is 0 Å². The van der Waals surface area contributed by atoms with Crippen molar-refractivity contribution in [1.29, 1.82) is 0 Å². The number of phenolic OH excluding ortho intramolecular Hbond substituents is 1. The molecule has 6 heteroatoms. The van der Waals surface area contributed by atoms with Gasteiger partial charge in [0, 0.05) is 12.1 Å². The normalized spacial score (nSPS) is 22.2. The molecule has 1 fully saturated rings. The first kappa shape index (κ1) is 19.5. The molecule has 1 amide bonds. The molecular formula is C21H24ClNO4. The zero-order valence-electron chi connectivity index (χ0n) is 15.0. The van der Waals surface area contributed by atoms with E-state index in [9.17, 15) is 15.0 Å². The smallest absolute Gasteiger partial charge is 0.251 e. The van der Waals surface area contributed by atoms with Crippen molar-refractivity contribution in [2.75, 3.05) is 13.2 Å². The van der Waals surface area contributed by atoms with Gasteiger partial charge >= 0.3 is 0 Å². The highest BCUT2D eigenvalue weighted by atomic mass is 35.5. The van der Waals surface area contributed by atoms with Crippen LogP contribution in [0.5, 0.6) is 11.5 Å². The molecule has 0 atom stereocenters. The number of para-hydroxylation sites is 1. The number of carbonyl (C=O) groups is 1. The van der Waals surface area contributed by atoms with E-state index >= 15 is 0 Å². The fraction of sp³-hybridized carbons (Fsp3) is 0.381. The Morgan fingerprint density at radius 2 is 1.81 bits per heavy atom. The lowest BCUT2D eigenvalue weighted by molar-refractivity contribution is -0.0129. The Balaban J connectivity index is 1.44. The second-order valence-corrected chi connectivity index (χ2v) is 7.55. The molecule has 1 saturated carbocycles. The third-order valence-corrected chi connectivity index (χ3v) is 5.37. The highest BCUT2D eigenvalue weighted by Gasteiger charge is 2.33. The Hall–Kier alpha value is -2.24. The second-order valence-electron chi connectivity index (χ2n) is 7.14. The number of phenols is 1. The zero-order chi connectivity index (χ0) is 19.3. The van der Waals surface area contributed by atoms with E-state index in [2.05, 4.69) is 5.32 Å². The molecule has 3 rings (SSSR count). The molecule has 0 radical (unpaired) electrons. The molecule has 0 spiro atoms. The highest BCUT2D eigenvalue weighted by molar-refractivity contribution is 6.32. The fourth-order valence-electron chi connectivity index (χ4n) is 3.29. The number of benzene rings is 2. The minimum Gasteiger partial charge on any atom is -0.508 e. The van der Waals surface area contributed by atoms with Crippen LogP contribution in [0.15, 0.2) is 48.5 Å². The standard InChI is InChI=1S/C21H24ClNO4/c22-18-3-1-2-4-19(18)27-13-15-9-11-21(26,12-10-15)14-23-20(25)16-5-7-17(24)8-6-16/h1-8,15,24,26H,9-14H2,(H,23,25)/t15-,21+. The summed E-state index contributed by atoms with van der Waals surface area (Å²) in [5.41, 5.74) is -0.439. The summed E-state index contributed by atoms with van der Waals surface area (Å²) in [6.07, 6.45) is 2.88. The van der Waals surface area contributed by atoms with Gasteiger partial charge in [-0.2, -0.15) is 0 Å². The van der Waals surface area contributed by atoms with Crippen molar-refractivity contribution in [2.45, 2.75) is 31.3 Å². The van der Waals surface area contributed by atoms with Crippen molar-refractivity contribution in [1.82, 2.24) is 5.32 Å². The molecule has 2 aromatic rings. The van der Waals surface area contributed by atoms with E-state index in [-0.39, 0.29) is 18.2 Å². The number of carbonyl (C=O) groups excluding carboxylic acids is 1. The second kappa shape index (κ2) is 8.63. The van der Waals surface area contributed by atoms with Gasteiger partial charge in [-0.1, -0.05) is 23.7 Å². The lowest BCUT2D eigenvalue weighted by Crippen LogP contribution is -2.45. The number of aromatic hydroxyl groups is 1. The van der Waals surface area contributed by atoms with Gasteiger partial charge < -0.3 is 20.3 Å². The highest BCUT2D eigenvalue weighted by Crippen LogP contribution is 2.33. The van der Waals surface area contributed by atoms with E-state index in [4.69, 9.17) is 16.3 Å². The molecule has 5 nitrogen and oxygen atoms in total. The van der Waals surface area contributed by atoms with Crippen LogP contribution in [0, 0.1) is 5.92 Å². The summed E-state index contributed by atoms with van der Waals surface area (Å²) >= 11 is 6.10. The van der Waals surface area contributed by atoms with Crippen molar-refractivity contribution in [3.05, 3.63) is 59.1 Å². The van der Waals surface area contributed by atoms with Crippen molar-refractivity contribution >= 4 is 17.5 Å². The van der Waals surface area contributed by atoms with Gasteiger partial charge in [-0.25, -0.2) is 0 Å². The predicted octanol–water partition coefficient (Wildman–Crippen LogP) is 3.78. The number of ether oxygens (including phenoxy) is 1. The minimum absolute atomic E-state index is 0.113. The van der Waals surface area contributed by atoms with Crippen LogP contribution < -0.4 is 10.1 Å². The molecule has 0 saturated heterocycles. The third kappa shape index (κ3) is 5.37. The topological polar surface area (TPSA) is 78.8 Å². The van der Waals surface area contributed by atoms with Gasteiger partial charge in [0.05, 0.1) is 17.2 Å². The first-order valence-electron chi connectivity index (χ1n) is 9.12. The van der Waals surface area contributed by atoms with E-state index in [0.717, 1.165) is 12.8 Å². The molecule has 1 aliphatic carbocycles. The van der Waals surface area contributed by atoms with E-state index in [1.807, 2.05) is 18.2 Å². The fourth-order valence-corrected chi connectivity index (χ4v) is 3.48. The number of hydrogen-bond acceptors (Lipinski definition) is 4. The number of aliphatic hydroxyl groups is 1. The van der Waals surface area contributed by atoms with Gasteiger partial charge in [0.1, 0.15) is 11.5 Å². The molecule has 0 aliphatic heterocycles. The molecule has 0 unspecified atom stereocenters. The zero-order valence-corrected chi connectivity index (χ0v) is 15.8. The Morgan fingerprint density at radius 3 is 2.48 bits per heavy atom. The Kier molecular flexibility index (Phi) is 6.24. The van der Waals surface area contributed by atoms with E-state index in [1.165, 1.54) is 12.1 Å². The summed E-state index contributed by atoms with van der Waals surface area (Å²) in [6, 6.07) is 13.4. The number of rotatable bonds is 6. The third-order valence-electron chi connectivity index (χ3n) is 5.05. The summed E-state index contributed by atoms with van der Waals surface area (Å²) in [5.74, 6) is 0.894. The SMILES string of the molecule is O=C(NC[C@]1(O)CC[C@@H](COc2ccccc2Cl)CC1)c1ccc(O)cc1. The van der Waals surface area contributed by atoms with E-state index in [1.54, 1.807) is 18.2 Å². The summed E-state index contributed by atoms with van der Waals surface area (Å²) in [4.78, 5) is 12.2. The van der Waals surface area contributed by atoms with Crippen LogP contribution in [0.2, 0.25) is 5.02 Å². The molecule has 0 aromatic heterocycles. The van der Waals surface area contributed by atoms with Crippen molar-refractivity contribution < 1.29 is 19.7 Å². The van der Waals surface area contributed by atoms with Gasteiger partial charge in [0.25, 0.3) is 5.91 Å². The van der Waals surface area contributed by atoms with Crippen LogP contribution in [0.3, 0.4) is 0 Å². The number of hydrogen-bond donors (Lipinski definition) is 3. The quantitative estimate of drug-likeness (QED) is 0.702. The molecule has 3 N–H and O–H groups in total. The van der Waals surface area contributed by atoms with Gasteiger partial charge in [-0.05, 0) is 68.0 Å². The largest absolute Gasteiger partial charge is 0.508 e. The van der Waals surface area contributed by atoms with Crippen molar-refractivity contribution in [3.8, 4) is 11.5 Å². The van der Waals surface area contributed by atoms with Gasteiger partial charge in [0.15, 0.2) is 0 Å². The van der Waals surface area contributed by atoms with Crippen LogP contribution >= 0.6 is 11.6 Å². The number of halogens is 1. The average molecular weight is 390 g/mol. The average Bonchev–Trinajstić information content (AvgIpc) is 2.67. The van der Waals surface area contributed by atoms with Crippen molar-refractivity contribution in [2.24, 2.45) is 5.92 Å². The minimum atomic E-state index is -0.895. The van der Waals surface area contributed by atoms with E-state index < -0.39 is 5.60 Å². The lowest BCUT2D eigenvalue weighted by atomic mass is 9.79. The van der Waals surface area contributed by atoms with Crippen LogP contribution in [0.25, 0.3) is 0 Å². The number of nitrogens with one attached hydrogen (secondary N) is 1. The molecule has 144 valence electrons. The van der Waals surface area contributed by atoms with Crippen molar-refractivity contribution in [3.63, 3.8) is 0 Å². The van der Waals surface area contributed by atoms with Crippen LogP contribution in [-0.4, -0.2) is 34.9 Å². The first-order valence-corrected chi connectivity index (χ1v) is 9.50. The maximum absolute atomic E-state index is 12.2. The summed E-state index contributed by atoms with van der Waals surface area (Å²) in [7, 11) is 0. The molecule has 1 aliphatic rings. The maximum atomic E-state index is 12.2.